The minimum Gasteiger partial charge on any atom is -0.497 e. The highest BCUT2D eigenvalue weighted by atomic mass is 28.4. The Morgan fingerprint density at radius 2 is 1.31 bits per heavy atom. The number of methoxy groups -OCH3 is 1. The van der Waals surface area contributed by atoms with Crippen molar-refractivity contribution in [2.45, 2.75) is 320 Å². The van der Waals surface area contributed by atoms with E-state index in [1.807, 2.05) is 24.3 Å². The van der Waals surface area contributed by atoms with Gasteiger partial charge in [-0.1, -0.05) is 141 Å². The minimum atomic E-state index is -2.44. The minimum absolute atomic E-state index is 0.00385. The van der Waals surface area contributed by atoms with E-state index in [9.17, 15) is 4.79 Å². The molecule has 6 rings (SSSR count). The third-order valence-electron chi connectivity index (χ3n) is 21.3. The van der Waals surface area contributed by atoms with E-state index in [2.05, 4.69) is 168 Å². The zero-order chi connectivity index (χ0) is 62.5. The van der Waals surface area contributed by atoms with E-state index in [4.69, 9.17) is 46.4 Å². The quantitative estimate of drug-likeness (QED) is 0.0502. The van der Waals surface area contributed by atoms with Crippen LogP contribution in [0.4, 0.5) is 0 Å². The van der Waals surface area contributed by atoms with Crippen molar-refractivity contribution in [2.24, 2.45) is 23.7 Å². The molecule has 11 nitrogen and oxygen atoms in total. The van der Waals surface area contributed by atoms with Crippen LogP contribution < -0.4 is 4.74 Å². The molecule has 0 saturated carbocycles. The largest absolute Gasteiger partial charge is 0.497 e. The van der Waals surface area contributed by atoms with Gasteiger partial charge in [-0.15, -0.1) is 6.58 Å². The van der Waals surface area contributed by atoms with Crippen molar-refractivity contribution in [1.29, 1.82) is 0 Å². The topological polar surface area (TPSA) is 109 Å². The summed E-state index contributed by atoms with van der Waals surface area (Å²) in [5.74, 6) is 1.78. The number of benzene rings is 1. The third kappa shape index (κ3) is 17.9. The maximum atomic E-state index is 14.3. The number of carbonyl (C=O) groups is 1. The van der Waals surface area contributed by atoms with E-state index >= 15 is 0 Å². The molecule has 478 valence electrons. The molecular formula is C70H120O11Si3. The van der Waals surface area contributed by atoms with Gasteiger partial charge in [0.05, 0.1) is 93.1 Å². The molecule has 5 saturated heterocycles. The number of allylic oxidation sites excluding steroid dienone is 2. The van der Waals surface area contributed by atoms with Crippen LogP contribution in [0.3, 0.4) is 0 Å². The fourth-order valence-electron chi connectivity index (χ4n) is 12.6. The zero-order valence-electron chi connectivity index (χ0n) is 56.7. The summed E-state index contributed by atoms with van der Waals surface area (Å²) in [6.45, 7) is 59.6. The van der Waals surface area contributed by atoms with Crippen LogP contribution in [-0.2, 0) is 53.1 Å². The van der Waals surface area contributed by atoms with Gasteiger partial charge in [-0.05, 0) is 159 Å². The van der Waals surface area contributed by atoms with Crippen molar-refractivity contribution in [3.63, 3.8) is 0 Å². The average molecular weight is 1220 g/mol. The van der Waals surface area contributed by atoms with Crippen LogP contribution in [0, 0.1) is 23.7 Å². The van der Waals surface area contributed by atoms with Gasteiger partial charge in [0, 0.05) is 24.7 Å². The molecular weight excluding hydrogens is 1100 g/mol. The summed E-state index contributed by atoms with van der Waals surface area (Å²) >= 11 is 0. The molecule has 0 radical (unpaired) electrons. The van der Waals surface area contributed by atoms with Crippen LogP contribution >= 0.6 is 0 Å². The van der Waals surface area contributed by atoms with E-state index in [-0.39, 0.29) is 99.9 Å². The molecule has 1 aromatic rings. The van der Waals surface area contributed by atoms with Gasteiger partial charge in [-0.2, -0.15) is 0 Å². The summed E-state index contributed by atoms with van der Waals surface area (Å²) in [6, 6.07) is 8.11. The maximum Gasteiger partial charge on any atom is 0.193 e. The van der Waals surface area contributed by atoms with Gasteiger partial charge < -0.3 is 46.4 Å². The van der Waals surface area contributed by atoms with Gasteiger partial charge in [0.15, 0.2) is 30.7 Å². The van der Waals surface area contributed by atoms with Crippen molar-refractivity contribution in [3.05, 3.63) is 78.9 Å². The third-order valence-corrected chi connectivity index (χ3v) is 34.8. The lowest BCUT2D eigenvalue weighted by molar-refractivity contribution is -0.269. The molecule has 5 fully saturated rings. The standard InChI is InChI=1S/C70H120O11Si3/c1-25-27-29-58-49(7)65(80-83(21,22)69(12,13)14)67(81-84(23,24)70(15,16)17)66(78-58)59(79-82(19,20)68(9,10)11)38-33-52(71)32-36-54-41-46(4)57(74-54)39-37-55-40-45(3)48(6)60(75-55)43-62-63(73-44-51-30-34-53(72-18)35-31-51)50(8)64-61(76-62)42-47(5)56(77-64)28-26-2/h25,30-31,33-35,38,45,47,49-50,54-67H,1,4,6,26-29,32,36-37,39-44H2,2-3,5,7-24H3/b38-33+/t45-,47-,49+,50-,54+,55?,56-,57+,58+,59+,60-,61+,62?,63-,64+,65+,66+,67+/m1/s1. The van der Waals surface area contributed by atoms with Crippen molar-refractivity contribution in [3.8, 4) is 5.75 Å². The number of ketones is 1. The molecule has 0 bridgehead atoms. The lowest BCUT2D eigenvalue weighted by atomic mass is 9.78. The second kappa shape index (κ2) is 29.3. The summed E-state index contributed by atoms with van der Waals surface area (Å²) in [7, 11) is -5.47. The van der Waals surface area contributed by atoms with Gasteiger partial charge in [0.25, 0.3) is 0 Å². The average Bonchev–Trinajstić information content (AvgIpc) is 1.60. The van der Waals surface area contributed by atoms with Crippen molar-refractivity contribution >= 4 is 30.7 Å². The van der Waals surface area contributed by atoms with Crippen LogP contribution in [0.1, 0.15) is 180 Å². The second-order valence-corrected chi connectivity index (χ2v) is 45.2. The number of rotatable bonds is 26. The molecule has 18 atom stereocenters. The molecule has 2 unspecified atom stereocenters. The van der Waals surface area contributed by atoms with Gasteiger partial charge in [0.2, 0.25) is 0 Å². The summed E-state index contributed by atoms with van der Waals surface area (Å²) in [5.41, 5.74) is 3.31. The van der Waals surface area contributed by atoms with Gasteiger partial charge in [0.1, 0.15) is 11.9 Å². The first-order valence-corrected chi connectivity index (χ1v) is 41.5. The highest BCUT2D eigenvalue weighted by Gasteiger charge is 2.56. The number of carbonyl (C=O) groups excluding carboxylic acids is 1. The second-order valence-electron chi connectivity index (χ2n) is 31.0. The zero-order valence-corrected chi connectivity index (χ0v) is 59.7. The lowest BCUT2D eigenvalue weighted by Gasteiger charge is -2.54. The molecule has 0 aromatic heterocycles. The number of fused-ring (bicyclic) bond motifs is 1. The highest BCUT2D eigenvalue weighted by molar-refractivity contribution is 6.75. The molecule has 84 heavy (non-hydrogen) atoms. The van der Waals surface area contributed by atoms with Crippen LogP contribution in [0.15, 0.2) is 73.4 Å². The Hall–Kier alpha value is -2.06. The SMILES string of the molecule is C=CCC[C@@H]1O[C@@H]([C@H](/C=C/C(=O)CC[C@H]2CC(=C)[C@H](CCC3C[C@@H](C)C(=C)[C@@H](CC4O[C@H]5C[C@@H](C)[C@@H](CCC)O[C@H]5[C@H](C)[C@H]4OCc4ccc(OC)cc4)O3)O2)O[Si](C)(C)C(C)(C)C)[C@@H](O[Si](C)(C)C(C)(C)C)[C@@H](O[Si](C)(C)C(C)(C)C)[C@H]1C. The summed E-state index contributed by atoms with van der Waals surface area (Å²) in [6.07, 6.45) is 13.2. The first-order chi connectivity index (χ1) is 39.0. The molecule has 5 heterocycles. The summed E-state index contributed by atoms with van der Waals surface area (Å²) in [5, 5.41) is -0.170. The van der Waals surface area contributed by atoms with Gasteiger partial charge in [-0.3, -0.25) is 4.79 Å². The van der Waals surface area contributed by atoms with Crippen LogP contribution in [-0.4, -0.2) is 123 Å². The molecule has 0 N–H and O–H groups in total. The number of ether oxygens (including phenoxy) is 7. The Balaban J connectivity index is 1.14. The summed E-state index contributed by atoms with van der Waals surface area (Å²) in [4.78, 5) is 14.3. The molecule has 0 spiro atoms. The van der Waals surface area contributed by atoms with Crippen LogP contribution in [0.25, 0.3) is 0 Å². The number of hydrogen-bond acceptors (Lipinski definition) is 11. The van der Waals surface area contributed by atoms with Crippen LogP contribution in [0.2, 0.25) is 54.4 Å². The smallest absolute Gasteiger partial charge is 0.193 e. The predicted molar refractivity (Wildman–Crippen MR) is 351 cm³/mol. The van der Waals surface area contributed by atoms with E-state index in [1.165, 1.54) is 0 Å². The molecule has 1 aromatic carbocycles. The normalized spacial score (nSPS) is 33.5. The van der Waals surface area contributed by atoms with E-state index in [0.29, 0.717) is 37.7 Å². The fourth-order valence-corrected chi connectivity index (χ4v) is 16.5. The Morgan fingerprint density at radius 1 is 0.690 bits per heavy atom. The summed E-state index contributed by atoms with van der Waals surface area (Å²) < 4.78 is 70.1. The molecule has 5 aliphatic rings. The van der Waals surface area contributed by atoms with Crippen LogP contribution in [0.5, 0.6) is 5.75 Å². The molecule has 5 aliphatic heterocycles. The first kappa shape index (κ1) is 71.0. The Labute approximate surface area is 515 Å². The predicted octanol–water partition coefficient (Wildman–Crippen LogP) is 17.3. The van der Waals surface area contributed by atoms with E-state index in [1.54, 1.807) is 13.2 Å². The first-order valence-electron chi connectivity index (χ1n) is 32.7. The Bertz CT molecular complexity index is 2330. The highest BCUT2D eigenvalue weighted by Crippen LogP contribution is 2.48. The van der Waals surface area contributed by atoms with Crippen molar-refractivity contribution < 1.29 is 51.2 Å². The van der Waals surface area contributed by atoms with E-state index < -0.39 is 43.3 Å². The fraction of sp³-hybridized carbons (Fsp3) is 0.786. The monoisotopic (exact) mass is 1220 g/mol. The molecule has 14 heteroatoms. The molecule has 0 amide bonds. The Kier molecular flexibility index (Phi) is 24.7. The maximum absolute atomic E-state index is 14.3. The number of hydrogen-bond donors (Lipinski definition) is 0. The van der Waals surface area contributed by atoms with Gasteiger partial charge in [-0.25, -0.2) is 0 Å². The van der Waals surface area contributed by atoms with Crippen molar-refractivity contribution in [1.82, 2.24) is 0 Å². The molecule has 0 aliphatic carbocycles. The van der Waals surface area contributed by atoms with E-state index in [0.717, 1.165) is 80.2 Å². The Morgan fingerprint density at radius 3 is 1.90 bits per heavy atom. The lowest BCUT2D eigenvalue weighted by Crippen LogP contribution is -2.65. The van der Waals surface area contributed by atoms with Gasteiger partial charge >= 0.3 is 0 Å². The van der Waals surface area contributed by atoms with Crippen molar-refractivity contribution in [2.75, 3.05) is 7.11 Å².